The van der Waals surface area contributed by atoms with Crippen LogP contribution in [0.5, 0.6) is 0 Å². The van der Waals surface area contributed by atoms with E-state index < -0.39 is 6.10 Å². The normalized spacial score (nSPS) is 12.5. The third-order valence-electron chi connectivity index (χ3n) is 13.2. The van der Waals surface area contributed by atoms with Crippen LogP contribution in [0.4, 0.5) is 0 Å². The summed E-state index contributed by atoms with van der Waals surface area (Å²) in [7, 11) is 0. The van der Waals surface area contributed by atoms with E-state index in [1.807, 2.05) is 0 Å². The molecule has 1 atom stereocenters. The van der Waals surface area contributed by atoms with Crippen LogP contribution >= 0.6 is 0 Å². The smallest absolute Gasteiger partial charge is 0.306 e. The van der Waals surface area contributed by atoms with Crippen molar-refractivity contribution < 1.29 is 28.6 Å². The average molecular weight is 992 g/mol. The molecule has 0 aromatic carbocycles. The molecule has 0 rings (SSSR count). The van der Waals surface area contributed by atoms with E-state index in [9.17, 15) is 14.4 Å². The van der Waals surface area contributed by atoms with Gasteiger partial charge >= 0.3 is 17.9 Å². The monoisotopic (exact) mass is 991 g/mol. The lowest BCUT2D eigenvalue weighted by Gasteiger charge is -2.18. The van der Waals surface area contributed by atoms with Crippen LogP contribution in [-0.4, -0.2) is 37.2 Å². The Kier molecular flexibility index (Phi) is 56.8. The molecule has 71 heavy (non-hydrogen) atoms. The first-order valence-corrected chi connectivity index (χ1v) is 30.4. The lowest BCUT2D eigenvalue weighted by atomic mass is 10.0. The lowest BCUT2D eigenvalue weighted by Crippen LogP contribution is -2.30. The molecule has 0 aromatic rings. The van der Waals surface area contributed by atoms with Crippen LogP contribution in [0.25, 0.3) is 0 Å². The molecule has 0 aliphatic rings. The molecule has 0 fully saturated rings. The molecule has 0 spiro atoms. The summed E-state index contributed by atoms with van der Waals surface area (Å²) in [4.78, 5) is 38.2. The molecule has 0 saturated carbocycles. The van der Waals surface area contributed by atoms with Gasteiger partial charge in [0.2, 0.25) is 0 Å². The number of esters is 3. The zero-order valence-electron chi connectivity index (χ0n) is 47.0. The highest BCUT2D eigenvalue weighted by Crippen LogP contribution is 2.17. The van der Waals surface area contributed by atoms with Crippen molar-refractivity contribution in [3.8, 4) is 0 Å². The Morgan fingerprint density at radius 3 is 0.915 bits per heavy atom. The Balaban J connectivity index is 4.35. The predicted molar refractivity (Wildman–Crippen MR) is 307 cm³/mol. The van der Waals surface area contributed by atoms with Crippen LogP contribution in [-0.2, 0) is 28.6 Å². The zero-order valence-corrected chi connectivity index (χ0v) is 47.0. The van der Waals surface area contributed by atoms with Crippen molar-refractivity contribution in [3.05, 3.63) is 72.9 Å². The molecule has 1 unspecified atom stereocenters. The quantitative estimate of drug-likeness (QED) is 0.0261. The Labute approximate surface area is 440 Å². The van der Waals surface area contributed by atoms with Crippen LogP contribution in [0.3, 0.4) is 0 Å². The molecule has 0 aliphatic heterocycles. The van der Waals surface area contributed by atoms with Gasteiger partial charge < -0.3 is 14.2 Å². The fraction of sp³-hybridized carbons (Fsp3) is 0.769. The first-order chi connectivity index (χ1) is 35.0. The van der Waals surface area contributed by atoms with Gasteiger partial charge in [-0.2, -0.15) is 0 Å². The van der Waals surface area contributed by atoms with E-state index in [-0.39, 0.29) is 37.5 Å². The van der Waals surface area contributed by atoms with E-state index in [1.165, 1.54) is 161 Å². The van der Waals surface area contributed by atoms with Crippen molar-refractivity contribution in [2.45, 2.75) is 309 Å². The third kappa shape index (κ3) is 57.6. The zero-order chi connectivity index (χ0) is 51.4. The first-order valence-electron chi connectivity index (χ1n) is 30.4. The second-order valence-electron chi connectivity index (χ2n) is 20.2. The summed E-state index contributed by atoms with van der Waals surface area (Å²) in [6, 6.07) is 0. The molecule has 410 valence electrons. The van der Waals surface area contributed by atoms with Crippen LogP contribution in [0.2, 0.25) is 0 Å². The van der Waals surface area contributed by atoms with E-state index in [0.29, 0.717) is 12.8 Å². The van der Waals surface area contributed by atoms with Crippen molar-refractivity contribution in [1.82, 2.24) is 0 Å². The van der Waals surface area contributed by atoms with Gasteiger partial charge in [-0.1, -0.05) is 267 Å². The minimum atomic E-state index is -0.795. The SMILES string of the molecule is CC/C=C\C/C=C\C/C=C\C/C=C\C/C=C\CCCCCC(=O)OC(COC(=O)CCCCCCC/C=C\CCCCC)COC(=O)CCCCCCCCCCCCCCCCCCCCCCCC. The standard InChI is InChI=1S/C65H114O6/c1-4-7-10-13-16-19-22-25-27-29-31-32-33-35-36-38-40-43-46-49-52-55-58-64(67)70-61-62(60-69-63(66)57-54-51-48-45-42-24-21-18-15-12-9-6-3)71-65(68)59-56-53-50-47-44-41-39-37-34-30-28-26-23-20-17-14-11-8-5-2/h8,11,17-18,20-21,26,28,34,37,41,44,62H,4-7,9-10,12-16,19,22-25,27,29-33,35-36,38-40,42-43,45-61H2,1-3H3/b11-8-,20-17-,21-18-,28-26-,37-34-,44-41-. The largest absolute Gasteiger partial charge is 0.462 e. The third-order valence-corrected chi connectivity index (χ3v) is 13.2. The lowest BCUT2D eigenvalue weighted by molar-refractivity contribution is -0.167. The number of carbonyl (C=O) groups excluding carboxylic acids is 3. The van der Waals surface area contributed by atoms with Crippen LogP contribution < -0.4 is 0 Å². The van der Waals surface area contributed by atoms with Gasteiger partial charge in [0.15, 0.2) is 6.10 Å². The van der Waals surface area contributed by atoms with Crippen molar-refractivity contribution in [3.63, 3.8) is 0 Å². The second-order valence-corrected chi connectivity index (χ2v) is 20.2. The molecule has 0 bridgehead atoms. The first kappa shape index (κ1) is 67.8. The fourth-order valence-electron chi connectivity index (χ4n) is 8.64. The van der Waals surface area contributed by atoms with E-state index in [2.05, 4.69) is 93.7 Å². The summed E-state index contributed by atoms with van der Waals surface area (Å²) in [6.07, 6.45) is 76.2. The molecular formula is C65H114O6. The van der Waals surface area contributed by atoms with Gasteiger partial charge in [0.05, 0.1) is 0 Å². The van der Waals surface area contributed by atoms with Gasteiger partial charge in [-0.25, -0.2) is 0 Å². The molecule has 0 aromatic heterocycles. The van der Waals surface area contributed by atoms with Gasteiger partial charge in [-0.05, 0) is 89.9 Å². The van der Waals surface area contributed by atoms with Crippen molar-refractivity contribution in [1.29, 1.82) is 0 Å². The number of carbonyl (C=O) groups is 3. The Morgan fingerprint density at radius 2 is 0.549 bits per heavy atom. The number of rotatable bonds is 55. The van der Waals surface area contributed by atoms with Gasteiger partial charge in [-0.15, -0.1) is 0 Å². The van der Waals surface area contributed by atoms with Crippen molar-refractivity contribution >= 4 is 17.9 Å². The number of hydrogen-bond donors (Lipinski definition) is 0. The minimum absolute atomic E-state index is 0.0890. The van der Waals surface area contributed by atoms with E-state index in [0.717, 1.165) is 103 Å². The van der Waals surface area contributed by atoms with Crippen LogP contribution in [0.15, 0.2) is 72.9 Å². The second kappa shape index (κ2) is 59.4. The van der Waals surface area contributed by atoms with Gasteiger partial charge in [-0.3, -0.25) is 14.4 Å². The molecule has 6 nitrogen and oxygen atoms in total. The summed E-state index contributed by atoms with van der Waals surface area (Å²) in [5, 5.41) is 0. The van der Waals surface area contributed by atoms with Crippen molar-refractivity contribution in [2.24, 2.45) is 0 Å². The highest BCUT2D eigenvalue weighted by atomic mass is 16.6. The highest BCUT2D eigenvalue weighted by molar-refractivity contribution is 5.71. The summed E-state index contributed by atoms with van der Waals surface area (Å²) in [5.74, 6) is -0.919. The number of ether oxygens (including phenoxy) is 3. The van der Waals surface area contributed by atoms with Crippen molar-refractivity contribution in [2.75, 3.05) is 13.2 Å². The summed E-state index contributed by atoms with van der Waals surface area (Å²) in [5.41, 5.74) is 0. The Bertz CT molecular complexity index is 1320. The van der Waals surface area contributed by atoms with Crippen LogP contribution in [0, 0.1) is 0 Å². The summed E-state index contributed by atoms with van der Waals surface area (Å²) < 4.78 is 16.9. The molecule has 0 radical (unpaired) electrons. The molecular weight excluding hydrogens is 877 g/mol. The van der Waals surface area contributed by atoms with Gasteiger partial charge in [0, 0.05) is 19.3 Å². The average Bonchev–Trinajstić information content (AvgIpc) is 3.37. The number of unbranched alkanes of at least 4 members (excludes halogenated alkanes) is 32. The Hall–Kier alpha value is -3.15. The maximum atomic E-state index is 12.9. The van der Waals surface area contributed by atoms with Gasteiger partial charge in [0.1, 0.15) is 13.2 Å². The predicted octanol–water partition coefficient (Wildman–Crippen LogP) is 20.5. The maximum Gasteiger partial charge on any atom is 0.306 e. The molecule has 0 amide bonds. The molecule has 0 saturated heterocycles. The fourth-order valence-corrected chi connectivity index (χ4v) is 8.64. The molecule has 0 heterocycles. The highest BCUT2D eigenvalue weighted by Gasteiger charge is 2.19. The topological polar surface area (TPSA) is 78.9 Å². The molecule has 0 aliphatic carbocycles. The maximum absolute atomic E-state index is 12.9. The number of allylic oxidation sites excluding steroid dienone is 12. The van der Waals surface area contributed by atoms with Crippen LogP contribution in [0.1, 0.15) is 303 Å². The Morgan fingerprint density at radius 1 is 0.296 bits per heavy atom. The van der Waals surface area contributed by atoms with E-state index in [4.69, 9.17) is 14.2 Å². The summed E-state index contributed by atoms with van der Waals surface area (Å²) in [6.45, 7) is 6.50. The number of hydrogen-bond acceptors (Lipinski definition) is 6. The van der Waals surface area contributed by atoms with E-state index in [1.54, 1.807) is 0 Å². The minimum Gasteiger partial charge on any atom is -0.462 e. The molecule has 6 heteroatoms. The van der Waals surface area contributed by atoms with E-state index >= 15 is 0 Å². The van der Waals surface area contributed by atoms with Gasteiger partial charge in [0.25, 0.3) is 0 Å². The molecule has 0 N–H and O–H groups in total. The summed E-state index contributed by atoms with van der Waals surface area (Å²) >= 11 is 0.